The molecule has 1 atom stereocenters. The van der Waals surface area contributed by atoms with Gasteiger partial charge in [-0.3, -0.25) is 14.7 Å². The molecule has 0 bridgehead atoms. The fraction of sp³-hybridized carbons (Fsp3) is 0.652. The van der Waals surface area contributed by atoms with Gasteiger partial charge in [0, 0.05) is 38.6 Å². The minimum atomic E-state index is 0. The van der Waals surface area contributed by atoms with Gasteiger partial charge in [-0.25, -0.2) is 0 Å². The Labute approximate surface area is 214 Å². The monoisotopic (exact) mass is 575 g/mol. The number of methoxy groups -OCH3 is 2. The summed E-state index contributed by atoms with van der Waals surface area (Å²) in [4.78, 5) is 19.1. The molecule has 1 aliphatic heterocycles. The Balaban J connectivity index is 0.00000385. The number of hydrogen-bond donors (Lipinski definition) is 3. The van der Waals surface area contributed by atoms with Crippen LogP contribution < -0.4 is 25.4 Å². The van der Waals surface area contributed by atoms with Crippen molar-refractivity contribution in [3.63, 3.8) is 0 Å². The number of nitrogens with zero attached hydrogens (tertiary/aromatic N) is 2. The Hall–Kier alpha value is -1.79. The topological polar surface area (TPSA) is 96.5 Å². The van der Waals surface area contributed by atoms with Crippen LogP contribution in [0.4, 0.5) is 0 Å². The average Bonchev–Trinajstić information content (AvgIpc) is 3.68. The zero-order valence-electron chi connectivity index (χ0n) is 19.9. The van der Waals surface area contributed by atoms with Crippen molar-refractivity contribution < 1.29 is 19.0 Å². The summed E-state index contributed by atoms with van der Waals surface area (Å²) in [6.45, 7) is 7.74. The molecule has 3 N–H and O–H groups in total. The number of benzene rings is 1. The van der Waals surface area contributed by atoms with Gasteiger partial charge in [-0.1, -0.05) is 6.07 Å². The Morgan fingerprint density at radius 2 is 1.82 bits per heavy atom. The zero-order valence-corrected chi connectivity index (χ0v) is 22.2. The lowest BCUT2D eigenvalue weighted by Gasteiger charge is -2.34. The molecule has 1 unspecified atom stereocenters. The first-order chi connectivity index (χ1) is 15.7. The van der Waals surface area contributed by atoms with Gasteiger partial charge in [0.1, 0.15) is 0 Å². The normalized spacial score (nSPS) is 17.5. The van der Waals surface area contributed by atoms with Crippen LogP contribution in [0, 0.1) is 5.92 Å². The van der Waals surface area contributed by atoms with Crippen LogP contribution in [0.1, 0.15) is 31.4 Å². The Morgan fingerprint density at radius 1 is 1.12 bits per heavy atom. The van der Waals surface area contributed by atoms with Gasteiger partial charge >= 0.3 is 0 Å². The number of rotatable bonds is 11. The molecule has 1 aromatic carbocycles. The van der Waals surface area contributed by atoms with Crippen molar-refractivity contribution >= 4 is 35.8 Å². The van der Waals surface area contributed by atoms with E-state index in [1.54, 1.807) is 14.2 Å². The molecule has 1 aromatic rings. The lowest BCUT2D eigenvalue weighted by molar-refractivity contribution is -0.122. The van der Waals surface area contributed by atoms with E-state index in [0.29, 0.717) is 44.3 Å². The largest absolute Gasteiger partial charge is 0.493 e. The molecule has 33 heavy (non-hydrogen) atoms. The predicted molar refractivity (Wildman–Crippen MR) is 140 cm³/mol. The Kier molecular flexibility index (Phi) is 12.0. The number of guanidine groups is 1. The van der Waals surface area contributed by atoms with Crippen LogP contribution in [0.2, 0.25) is 0 Å². The lowest BCUT2D eigenvalue weighted by Crippen LogP contribution is -2.43. The first-order valence-corrected chi connectivity index (χ1v) is 11.5. The van der Waals surface area contributed by atoms with E-state index < -0.39 is 0 Å². The molecule has 10 heteroatoms. The van der Waals surface area contributed by atoms with E-state index >= 15 is 0 Å². The number of ether oxygens (including phenoxy) is 3. The van der Waals surface area contributed by atoms with Gasteiger partial charge in [0.25, 0.3) is 0 Å². The van der Waals surface area contributed by atoms with E-state index in [2.05, 4.69) is 26.9 Å². The van der Waals surface area contributed by atoms with Crippen molar-refractivity contribution in [2.24, 2.45) is 10.9 Å². The minimum Gasteiger partial charge on any atom is -0.493 e. The summed E-state index contributed by atoms with van der Waals surface area (Å²) in [5, 5.41) is 9.59. The van der Waals surface area contributed by atoms with Gasteiger partial charge in [0.2, 0.25) is 5.91 Å². The van der Waals surface area contributed by atoms with Crippen molar-refractivity contribution in [1.82, 2.24) is 20.9 Å². The summed E-state index contributed by atoms with van der Waals surface area (Å²) in [6, 6.07) is 6.13. The molecular formula is C23H38IN5O4. The van der Waals surface area contributed by atoms with E-state index in [0.717, 1.165) is 44.0 Å². The molecule has 1 aliphatic carbocycles. The predicted octanol–water partition coefficient (Wildman–Crippen LogP) is 1.78. The maximum absolute atomic E-state index is 11.8. The van der Waals surface area contributed by atoms with Crippen molar-refractivity contribution in [2.75, 3.05) is 66.7 Å². The molecule has 3 rings (SSSR count). The van der Waals surface area contributed by atoms with Gasteiger partial charge in [-0.2, -0.15) is 0 Å². The molecule has 1 saturated heterocycles. The smallest absolute Gasteiger partial charge is 0.223 e. The lowest BCUT2D eigenvalue weighted by atomic mass is 10.0. The summed E-state index contributed by atoms with van der Waals surface area (Å²) in [5.74, 6) is 2.56. The molecule has 186 valence electrons. The first kappa shape index (κ1) is 27.5. The molecule has 0 radical (unpaired) electrons. The number of halogens is 1. The number of carbonyl (C=O) groups is 1. The highest BCUT2D eigenvalue weighted by Gasteiger charge is 2.29. The van der Waals surface area contributed by atoms with Crippen LogP contribution in [-0.4, -0.2) is 83.5 Å². The molecule has 2 fully saturated rings. The third-order valence-corrected chi connectivity index (χ3v) is 5.71. The molecular weight excluding hydrogens is 537 g/mol. The van der Waals surface area contributed by atoms with E-state index in [1.165, 1.54) is 0 Å². The fourth-order valence-corrected chi connectivity index (χ4v) is 3.76. The summed E-state index contributed by atoms with van der Waals surface area (Å²) in [6.07, 6.45) is 2.03. The molecule has 1 heterocycles. The molecule has 0 aromatic heterocycles. The molecule has 1 amide bonds. The number of nitrogens with one attached hydrogen (secondary N) is 3. The number of amides is 1. The zero-order chi connectivity index (χ0) is 22.8. The highest BCUT2D eigenvalue weighted by Crippen LogP contribution is 2.32. The second kappa shape index (κ2) is 14.5. The van der Waals surface area contributed by atoms with Crippen molar-refractivity contribution in [3.8, 4) is 11.5 Å². The van der Waals surface area contributed by atoms with E-state index in [1.807, 2.05) is 19.1 Å². The van der Waals surface area contributed by atoms with Crippen LogP contribution in [0.25, 0.3) is 0 Å². The van der Waals surface area contributed by atoms with Crippen molar-refractivity contribution in [3.05, 3.63) is 23.8 Å². The first-order valence-electron chi connectivity index (χ1n) is 11.5. The highest BCUT2D eigenvalue weighted by molar-refractivity contribution is 14.0. The number of aliphatic imine (C=N–C) groups is 1. The van der Waals surface area contributed by atoms with E-state index in [4.69, 9.17) is 19.2 Å². The molecule has 1 saturated carbocycles. The molecule has 0 spiro atoms. The number of hydrogen-bond acceptors (Lipinski definition) is 6. The Bertz CT molecular complexity index is 769. The third-order valence-electron chi connectivity index (χ3n) is 5.71. The number of morpholine rings is 1. The fourth-order valence-electron chi connectivity index (χ4n) is 3.76. The molecule has 9 nitrogen and oxygen atoms in total. The van der Waals surface area contributed by atoms with Gasteiger partial charge in [-0.05, 0) is 37.5 Å². The summed E-state index contributed by atoms with van der Waals surface area (Å²) < 4.78 is 16.5. The quantitative estimate of drug-likeness (QED) is 0.160. The van der Waals surface area contributed by atoms with Crippen LogP contribution in [0.15, 0.2) is 23.2 Å². The van der Waals surface area contributed by atoms with Crippen LogP contribution in [0.3, 0.4) is 0 Å². The van der Waals surface area contributed by atoms with Crippen LogP contribution in [-0.2, 0) is 9.53 Å². The van der Waals surface area contributed by atoms with Crippen LogP contribution >= 0.6 is 24.0 Å². The van der Waals surface area contributed by atoms with Crippen molar-refractivity contribution in [2.45, 2.75) is 25.8 Å². The average molecular weight is 575 g/mol. The maximum atomic E-state index is 11.8. The number of carbonyl (C=O) groups excluding carboxylic acids is 1. The summed E-state index contributed by atoms with van der Waals surface area (Å²) >= 11 is 0. The summed E-state index contributed by atoms with van der Waals surface area (Å²) in [5.41, 5.74) is 1.13. The van der Waals surface area contributed by atoms with Gasteiger partial charge in [-0.15, -0.1) is 24.0 Å². The highest BCUT2D eigenvalue weighted by atomic mass is 127. The summed E-state index contributed by atoms with van der Waals surface area (Å²) in [7, 11) is 3.29. The van der Waals surface area contributed by atoms with Crippen molar-refractivity contribution in [1.29, 1.82) is 0 Å². The van der Waals surface area contributed by atoms with Gasteiger partial charge < -0.3 is 30.2 Å². The Morgan fingerprint density at radius 3 is 2.45 bits per heavy atom. The SMILES string of the molecule is CCNC(=NCC(c1ccc(OC)c(OC)c1)N1CCOCC1)NCCNC(=O)C1CC1.I. The van der Waals surface area contributed by atoms with Gasteiger partial charge in [0.05, 0.1) is 40.0 Å². The molecule has 2 aliphatic rings. The standard InChI is InChI=1S/C23H37N5O4.HI/c1-4-24-23(26-10-9-25-22(29)17-5-6-17)27-16-19(28-11-13-32-14-12-28)18-7-8-20(30-2)21(15-18)31-3;/h7-8,15,17,19H,4-6,9-14,16H2,1-3H3,(H,25,29)(H2,24,26,27);1H. The van der Waals surface area contributed by atoms with E-state index in [9.17, 15) is 4.79 Å². The second-order valence-electron chi connectivity index (χ2n) is 7.99. The van der Waals surface area contributed by atoms with Gasteiger partial charge in [0.15, 0.2) is 17.5 Å². The minimum absolute atomic E-state index is 0. The second-order valence-corrected chi connectivity index (χ2v) is 7.99. The third kappa shape index (κ3) is 8.49. The van der Waals surface area contributed by atoms with E-state index in [-0.39, 0.29) is 41.8 Å². The van der Waals surface area contributed by atoms with Crippen LogP contribution in [0.5, 0.6) is 11.5 Å². The maximum Gasteiger partial charge on any atom is 0.223 e.